The van der Waals surface area contributed by atoms with Crippen molar-refractivity contribution in [3.8, 4) is 0 Å². The van der Waals surface area contributed by atoms with Gasteiger partial charge in [0.25, 0.3) is 0 Å². The predicted molar refractivity (Wildman–Crippen MR) is 85.7 cm³/mol. The van der Waals surface area contributed by atoms with Gasteiger partial charge in [-0.2, -0.15) is 0 Å². The Bertz CT molecular complexity index is 555. The van der Waals surface area contributed by atoms with Gasteiger partial charge in [0.15, 0.2) is 0 Å². The molecule has 1 fully saturated rings. The van der Waals surface area contributed by atoms with Gasteiger partial charge in [-0.25, -0.2) is 12.7 Å². The average Bonchev–Trinajstić information content (AvgIpc) is 2.45. The second-order valence-corrected chi connectivity index (χ2v) is 8.14. The minimum Gasteiger partial charge on any atom is -0.385 e. The Morgan fingerprint density at radius 1 is 1.24 bits per heavy atom. The van der Waals surface area contributed by atoms with Crippen molar-refractivity contribution in [2.24, 2.45) is 11.7 Å². The molecule has 0 spiro atoms. The number of benzene rings is 1. The Morgan fingerprint density at radius 2 is 1.90 bits per heavy atom. The highest BCUT2D eigenvalue weighted by Crippen LogP contribution is 2.24. The van der Waals surface area contributed by atoms with Crippen molar-refractivity contribution in [1.29, 1.82) is 0 Å². The Morgan fingerprint density at radius 3 is 2.48 bits per heavy atom. The molecule has 1 aliphatic carbocycles. The standard InChI is InChI=1S/C15H25N3O2S/c1-18(2)21(19,20)15-8-6-14(7-9-15)17-11-12-4-3-5-13(16)10-12/h6-9,12-13,17H,3-5,10-11,16H2,1-2H3. The van der Waals surface area contributed by atoms with E-state index in [2.05, 4.69) is 5.32 Å². The molecule has 2 rings (SSSR count). The third-order valence-corrected chi connectivity index (χ3v) is 5.88. The van der Waals surface area contributed by atoms with Gasteiger partial charge < -0.3 is 11.1 Å². The summed E-state index contributed by atoms with van der Waals surface area (Å²) in [5.74, 6) is 0.610. The highest BCUT2D eigenvalue weighted by Gasteiger charge is 2.19. The lowest BCUT2D eigenvalue weighted by molar-refractivity contribution is 0.335. The first kappa shape index (κ1) is 16.3. The van der Waals surface area contributed by atoms with Crippen molar-refractivity contribution in [1.82, 2.24) is 4.31 Å². The van der Waals surface area contributed by atoms with Crippen molar-refractivity contribution in [3.63, 3.8) is 0 Å². The predicted octanol–water partition coefficient (Wildman–Crippen LogP) is 1.87. The van der Waals surface area contributed by atoms with Crippen LogP contribution in [0.2, 0.25) is 0 Å². The van der Waals surface area contributed by atoms with Gasteiger partial charge in [0.1, 0.15) is 0 Å². The molecule has 21 heavy (non-hydrogen) atoms. The van der Waals surface area contributed by atoms with Crippen LogP contribution >= 0.6 is 0 Å². The number of anilines is 1. The zero-order valence-corrected chi connectivity index (χ0v) is 13.6. The summed E-state index contributed by atoms with van der Waals surface area (Å²) >= 11 is 0. The van der Waals surface area contributed by atoms with E-state index in [1.165, 1.54) is 31.2 Å². The first-order valence-corrected chi connectivity index (χ1v) is 8.85. The van der Waals surface area contributed by atoms with E-state index in [-0.39, 0.29) is 0 Å². The van der Waals surface area contributed by atoms with Crippen LogP contribution in [0.5, 0.6) is 0 Å². The number of sulfonamides is 1. The molecule has 5 nitrogen and oxygen atoms in total. The molecule has 0 amide bonds. The number of rotatable bonds is 5. The molecular weight excluding hydrogens is 286 g/mol. The van der Waals surface area contributed by atoms with Crippen LogP contribution in [0.15, 0.2) is 29.2 Å². The van der Waals surface area contributed by atoms with Crippen LogP contribution < -0.4 is 11.1 Å². The van der Waals surface area contributed by atoms with Crippen LogP contribution in [0.3, 0.4) is 0 Å². The maximum Gasteiger partial charge on any atom is 0.242 e. The molecule has 1 saturated carbocycles. The highest BCUT2D eigenvalue weighted by atomic mass is 32.2. The van der Waals surface area contributed by atoms with Gasteiger partial charge in [0.2, 0.25) is 10.0 Å². The second kappa shape index (κ2) is 6.77. The molecule has 1 aliphatic rings. The molecule has 2 atom stereocenters. The molecule has 0 saturated heterocycles. The Kier molecular flexibility index (Phi) is 5.24. The molecule has 0 heterocycles. The molecule has 0 aromatic heterocycles. The Labute approximate surface area is 127 Å². The quantitative estimate of drug-likeness (QED) is 0.870. The van der Waals surface area contributed by atoms with Crippen molar-refractivity contribution < 1.29 is 8.42 Å². The second-order valence-electron chi connectivity index (χ2n) is 5.99. The maximum atomic E-state index is 12.0. The lowest BCUT2D eigenvalue weighted by Gasteiger charge is -2.27. The number of nitrogens with two attached hydrogens (primary N) is 1. The number of nitrogens with zero attached hydrogens (tertiary/aromatic N) is 1. The van der Waals surface area contributed by atoms with E-state index in [0.29, 0.717) is 16.9 Å². The number of hydrogen-bond acceptors (Lipinski definition) is 4. The summed E-state index contributed by atoms with van der Waals surface area (Å²) in [7, 11) is -0.276. The summed E-state index contributed by atoms with van der Waals surface area (Å²) in [5, 5.41) is 3.38. The van der Waals surface area contributed by atoms with Crippen molar-refractivity contribution in [2.75, 3.05) is 26.0 Å². The van der Waals surface area contributed by atoms with Gasteiger partial charge >= 0.3 is 0 Å². The fourth-order valence-electron chi connectivity index (χ4n) is 2.74. The lowest BCUT2D eigenvalue weighted by atomic mass is 9.86. The summed E-state index contributed by atoms with van der Waals surface area (Å²) in [5.41, 5.74) is 6.94. The summed E-state index contributed by atoms with van der Waals surface area (Å²) in [4.78, 5) is 0.317. The fourth-order valence-corrected chi connectivity index (χ4v) is 3.64. The van der Waals surface area contributed by atoms with Gasteiger partial charge in [-0.15, -0.1) is 0 Å². The van der Waals surface area contributed by atoms with E-state index in [9.17, 15) is 8.42 Å². The van der Waals surface area contributed by atoms with E-state index >= 15 is 0 Å². The summed E-state index contributed by atoms with van der Waals surface area (Å²) in [6.45, 7) is 0.896. The summed E-state index contributed by atoms with van der Waals surface area (Å²) in [6, 6.07) is 7.26. The van der Waals surface area contributed by atoms with Gasteiger partial charge in [-0.1, -0.05) is 6.42 Å². The molecule has 0 aliphatic heterocycles. The summed E-state index contributed by atoms with van der Waals surface area (Å²) < 4.78 is 25.2. The van der Waals surface area contributed by atoms with E-state index in [1.54, 1.807) is 12.1 Å². The highest BCUT2D eigenvalue weighted by molar-refractivity contribution is 7.89. The topological polar surface area (TPSA) is 75.4 Å². The van der Waals surface area contributed by atoms with Gasteiger partial charge in [0.05, 0.1) is 4.90 Å². The molecular formula is C15H25N3O2S. The van der Waals surface area contributed by atoms with E-state index < -0.39 is 10.0 Å². The molecule has 118 valence electrons. The molecule has 6 heteroatoms. The van der Waals surface area contributed by atoms with Gasteiger partial charge in [0, 0.05) is 32.4 Å². The van der Waals surface area contributed by atoms with Crippen molar-refractivity contribution >= 4 is 15.7 Å². The normalized spacial score (nSPS) is 23.2. The minimum absolute atomic E-state index is 0.317. The van der Waals surface area contributed by atoms with Crippen LogP contribution in [0.25, 0.3) is 0 Å². The molecule has 0 bridgehead atoms. The SMILES string of the molecule is CN(C)S(=O)(=O)c1ccc(NCC2CCCC(N)C2)cc1. The van der Waals surface area contributed by atoms with Gasteiger partial charge in [-0.3, -0.25) is 0 Å². The largest absolute Gasteiger partial charge is 0.385 e. The third-order valence-electron chi connectivity index (χ3n) is 4.05. The minimum atomic E-state index is -3.35. The monoisotopic (exact) mass is 311 g/mol. The first-order chi connectivity index (χ1) is 9.89. The van der Waals surface area contributed by atoms with Crippen LogP contribution in [-0.4, -0.2) is 39.4 Å². The van der Waals surface area contributed by atoms with E-state index in [0.717, 1.165) is 25.1 Å². The Balaban J connectivity index is 1.94. The van der Waals surface area contributed by atoms with Crippen LogP contribution in [0, 0.1) is 5.92 Å². The first-order valence-electron chi connectivity index (χ1n) is 7.41. The van der Waals surface area contributed by atoms with Crippen molar-refractivity contribution in [2.45, 2.75) is 36.6 Å². The average molecular weight is 311 g/mol. The number of hydrogen-bond donors (Lipinski definition) is 2. The van der Waals surface area contributed by atoms with Crippen LogP contribution in [-0.2, 0) is 10.0 Å². The van der Waals surface area contributed by atoms with Gasteiger partial charge in [-0.05, 0) is 49.4 Å². The lowest BCUT2D eigenvalue weighted by Crippen LogP contribution is -2.30. The summed E-state index contributed by atoms with van der Waals surface area (Å²) in [6.07, 6.45) is 4.62. The zero-order valence-electron chi connectivity index (χ0n) is 12.7. The zero-order chi connectivity index (χ0) is 15.5. The molecule has 2 unspecified atom stereocenters. The van der Waals surface area contributed by atoms with E-state index in [4.69, 9.17) is 5.73 Å². The molecule has 3 N–H and O–H groups in total. The maximum absolute atomic E-state index is 12.0. The van der Waals surface area contributed by atoms with Crippen LogP contribution in [0.4, 0.5) is 5.69 Å². The smallest absolute Gasteiger partial charge is 0.242 e. The molecule has 0 radical (unpaired) electrons. The molecule has 1 aromatic carbocycles. The third kappa shape index (κ3) is 4.18. The fraction of sp³-hybridized carbons (Fsp3) is 0.600. The van der Waals surface area contributed by atoms with Crippen LogP contribution in [0.1, 0.15) is 25.7 Å². The molecule has 1 aromatic rings. The number of nitrogens with one attached hydrogen (secondary N) is 1. The van der Waals surface area contributed by atoms with Crippen molar-refractivity contribution in [3.05, 3.63) is 24.3 Å². The Hall–Kier alpha value is -1.11. The van der Waals surface area contributed by atoms with E-state index in [1.807, 2.05) is 12.1 Å².